The highest BCUT2D eigenvalue weighted by molar-refractivity contribution is 6.83. The molecule has 0 aromatic heterocycles. The highest BCUT2D eigenvalue weighted by Crippen LogP contribution is 2.45. The van der Waals surface area contributed by atoms with Crippen LogP contribution in [-0.4, -0.2) is 22.8 Å². The van der Waals surface area contributed by atoms with E-state index in [1.54, 1.807) is 0 Å². The van der Waals surface area contributed by atoms with Crippen molar-refractivity contribution < 1.29 is 8.85 Å². The molecule has 0 radical (unpaired) electrons. The smallest absolute Gasteiger partial charge is 0.375 e. The lowest BCUT2D eigenvalue weighted by atomic mass is 9.82. The van der Waals surface area contributed by atoms with Crippen molar-refractivity contribution in [2.24, 2.45) is 11.8 Å². The third-order valence-corrected chi connectivity index (χ3v) is 9.00. The number of rotatable bonds is 8. The molecule has 124 valence electrons. The molecule has 22 heavy (non-hydrogen) atoms. The van der Waals surface area contributed by atoms with Crippen molar-refractivity contribution in [2.75, 3.05) is 14.2 Å². The maximum atomic E-state index is 5.93. The molecule has 0 saturated heterocycles. The van der Waals surface area contributed by atoms with E-state index in [1.807, 2.05) is 14.2 Å². The van der Waals surface area contributed by atoms with Crippen LogP contribution in [0.15, 0.2) is 24.3 Å². The summed E-state index contributed by atoms with van der Waals surface area (Å²) in [7, 11) is 1.43. The lowest BCUT2D eigenvalue weighted by Gasteiger charge is -2.29. The zero-order valence-electron chi connectivity index (χ0n) is 15.1. The van der Waals surface area contributed by atoms with Crippen LogP contribution >= 0.6 is 0 Å². The van der Waals surface area contributed by atoms with E-state index in [4.69, 9.17) is 8.85 Å². The van der Waals surface area contributed by atoms with Gasteiger partial charge in [0.05, 0.1) is 0 Å². The third-order valence-electron chi connectivity index (χ3n) is 4.99. The molecule has 1 aromatic carbocycles. The lowest BCUT2D eigenvalue weighted by molar-refractivity contribution is 0.255. The van der Waals surface area contributed by atoms with Gasteiger partial charge in [-0.25, -0.2) is 0 Å². The Labute approximate surface area is 137 Å². The Morgan fingerprint density at radius 1 is 1.00 bits per heavy atom. The molecule has 2 rings (SSSR count). The van der Waals surface area contributed by atoms with Gasteiger partial charge in [-0.3, -0.25) is 0 Å². The Kier molecular flexibility index (Phi) is 5.86. The summed E-state index contributed by atoms with van der Waals surface area (Å²) >= 11 is 0. The van der Waals surface area contributed by atoms with Crippen LogP contribution in [0.5, 0.6) is 0 Å². The van der Waals surface area contributed by atoms with Crippen molar-refractivity contribution in [1.82, 2.24) is 0 Å². The Hall–Kier alpha value is -0.643. The van der Waals surface area contributed by atoms with E-state index in [0.29, 0.717) is 17.4 Å². The minimum atomic E-state index is -2.20. The molecule has 1 unspecified atom stereocenters. The first kappa shape index (κ1) is 17.7. The van der Waals surface area contributed by atoms with Crippen molar-refractivity contribution in [3.63, 3.8) is 0 Å². The second-order valence-electron chi connectivity index (χ2n) is 7.45. The fourth-order valence-corrected chi connectivity index (χ4v) is 6.95. The number of hydrogen-bond donors (Lipinski definition) is 0. The van der Waals surface area contributed by atoms with Crippen LogP contribution in [0.1, 0.15) is 58.4 Å². The topological polar surface area (TPSA) is 18.5 Å². The standard InChI is InChI=1S/C19H32O2Si/c1-14(2)13-19(15(3)4)16-7-9-17(10-8-16)22(20-5,21-6)18-11-12-18/h7-10,14-15,18-19H,11-13H2,1-6H3. The van der Waals surface area contributed by atoms with Gasteiger partial charge in [-0.2, -0.15) is 0 Å². The van der Waals surface area contributed by atoms with Crippen LogP contribution in [0, 0.1) is 11.8 Å². The van der Waals surface area contributed by atoms with Gasteiger partial charge in [0.15, 0.2) is 0 Å². The fraction of sp³-hybridized carbons (Fsp3) is 0.684. The van der Waals surface area contributed by atoms with E-state index in [0.717, 1.165) is 5.92 Å². The Balaban J connectivity index is 2.25. The highest BCUT2D eigenvalue weighted by Gasteiger charge is 2.52. The minimum Gasteiger partial charge on any atom is -0.394 e. The van der Waals surface area contributed by atoms with Crippen LogP contribution in [-0.2, 0) is 8.85 Å². The average molecular weight is 321 g/mol. The summed E-state index contributed by atoms with van der Waals surface area (Å²) < 4.78 is 11.9. The Morgan fingerprint density at radius 2 is 1.55 bits per heavy atom. The van der Waals surface area contributed by atoms with Crippen LogP contribution in [0.2, 0.25) is 5.54 Å². The second kappa shape index (κ2) is 7.29. The Bertz CT molecular complexity index is 459. The van der Waals surface area contributed by atoms with Crippen LogP contribution in [0.4, 0.5) is 0 Å². The van der Waals surface area contributed by atoms with Gasteiger partial charge in [0.1, 0.15) is 0 Å². The van der Waals surface area contributed by atoms with Gasteiger partial charge in [0.2, 0.25) is 0 Å². The molecule has 2 nitrogen and oxygen atoms in total. The van der Waals surface area contributed by atoms with Crippen molar-refractivity contribution in [3.05, 3.63) is 29.8 Å². The van der Waals surface area contributed by atoms with Gasteiger partial charge in [0, 0.05) is 19.8 Å². The van der Waals surface area contributed by atoms with Crippen molar-refractivity contribution in [3.8, 4) is 0 Å². The maximum absolute atomic E-state index is 5.93. The van der Waals surface area contributed by atoms with Gasteiger partial charge < -0.3 is 8.85 Å². The molecule has 0 aliphatic heterocycles. The summed E-state index contributed by atoms with van der Waals surface area (Å²) in [6.45, 7) is 9.28. The molecule has 3 heteroatoms. The second-order valence-corrected chi connectivity index (χ2v) is 11.0. The molecule has 0 N–H and O–H groups in total. The van der Waals surface area contributed by atoms with E-state index in [1.165, 1.54) is 30.0 Å². The van der Waals surface area contributed by atoms with Gasteiger partial charge in [-0.15, -0.1) is 0 Å². The maximum Gasteiger partial charge on any atom is 0.375 e. The van der Waals surface area contributed by atoms with Crippen LogP contribution in [0.25, 0.3) is 0 Å². The van der Waals surface area contributed by atoms with E-state index >= 15 is 0 Å². The first-order chi connectivity index (χ1) is 10.4. The summed E-state index contributed by atoms with van der Waals surface area (Å²) in [5.41, 5.74) is 2.09. The quantitative estimate of drug-likeness (QED) is 0.653. The molecule has 1 atom stereocenters. The molecule has 0 spiro atoms. The molecule has 1 saturated carbocycles. The van der Waals surface area contributed by atoms with E-state index in [2.05, 4.69) is 52.0 Å². The van der Waals surface area contributed by atoms with Crippen molar-refractivity contribution in [1.29, 1.82) is 0 Å². The summed E-state index contributed by atoms with van der Waals surface area (Å²) in [5, 5.41) is 1.29. The minimum absolute atomic E-state index is 0.630. The van der Waals surface area contributed by atoms with E-state index in [-0.39, 0.29) is 0 Å². The normalized spacial score (nSPS) is 17.3. The first-order valence-corrected chi connectivity index (χ1v) is 10.5. The van der Waals surface area contributed by atoms with Gasteiger partial charge in [-0.05, 0) is 47.8 Å². The molecule has 0 amide bonds. The Morgan fingerprint density at radius 3 is 1.91 bits per heavy atom. The van der Waals surface area contributed by atoms with Gasteiger partial charge >= 0.3 is 8.56 Å². The third kappa shape index (κ3) is 3.64. The monoisotopic (exact) mass is 320 g/mol. The summed E-state index contributed by atoms with van der Waals surface area (Å²) in [5.74, 6) is 2.03. The molecule has 1 aliphatic rings. The molecule has 1 aliphatic carbocycles. The average Bonchev–Trinajstić information content (AvgIpc) is 3.32. The number of benzene rings is 1. The summed E-state index contributed by atoms with van der Waals surface area (Å²) in [6, 6.07) is 9.15. The lowest BCUT2D eigenvalue weighted by Crippen LogP contribution is -2.53. The zero-order chi connectivity index (χ0) is 16.3. The molecular formula is C19H32O2Si. The van der Waals surface area contributed by atoms with Crippen LogP contribution in [0.3, 0.4) is 0 Å². The van der Waals surface area contributed by atoms with E-state index < -0.39 is 8.56 Å². The summed E-state index contributed by atoms with van der Waals surface area (Å²) in [6.07, 6.45) is 3.74. The van der Waals surface area contributed by atoms with E-state index in [9.17, 15) is 0 Å². The SMILES string of the molecule is CO[Si](OC)(c1ccc(C(CC(C)C)C(C)C)cc1)C1CC1. The molecule has 0 heterocycles. The molecule has 0 bridgehead atoms. The van der Waals surface area contributed by atoms with Crippen molar-refractivity contribution >= 4 is 13.7 Å². The van der Waals surface area contributed by atoms with Crippen LogP contribution < -0.4 is 5.19 Å². The van der Waals surface area contributed by atoms with Gasteiger partial charge in [-0.1, -0.05) is 52.0 Å². The van der Waals surface area contributed by atoms with Gasteiger partial charge in [0.25, 0.3) is 0 Å². The zero-order valence-corrected chi connectivity index (χ0v) is 16.1. The first-order valence-electron chi connectivity index (χ1n) is 8.65. The summed E-state index contributed by atoms with van der Waals surface area (Å²) in [4.78, 5) is 0. The molecule has 1 aromatic rings. The largest absolute Gasteiger partial charge is 0.394 e. The molecule has 1 fully saturated rings. The number of hydrogen-bond acceptors (Lipinski definition) is 2. The predicted molar refractivity (Wildman–Crippen MR) is 95.9 cm³/mol. The highest BCUT2D eigenvalue weighted by atomic mass is 28.4. The predicted octanol–water partition coefficient (Wildman–Crippen LogP) is 4.58. The molecular weight excluding hydrogens is 288 g/mol. The van der Waals surface area contributed by atoms with Crippen molar-refractivity contribution in [2.45, 2.75) is 58.4 Å². The fourth-order valence-electron chi connectivity index (χ4n) is 3.62.